The van der Waals surface area contributed by atoms with Gasteiger partial charge in [-0.25, -0.2) is 4.98 Å². The fourth-order valence-corrected chi connectivity index (χ4v) is 2.86. The van der Waals surface area contributed by atoms with Crippen molar-refractivity contribution < 1.29 is 4.92 Å². The largest absolute Gasteiger partial charge is 0.294 e. The van der Waals surface area contributed by atoms with E-state index in [0.717, 1.165) is 15.2 Å². The van der Waals surface area contributed by atoms with Crippen LogP contribution in [0.25, 0.3) is 10.2 Å². The first kappa shape index (κ1) is 14.2. The summed E-state index contributed by atoms with van der Waals surface area (Å²) in [6.45, 7) is 1.82. The Labute approximate surface area is 130 Å². The van der Waals surface area contributed by atoms with Crippen molar-refractivity contribution in [3.63, 3.8) is 0 Å². The van der Waals surface area contributed by atoms with Crippen LogP contribution in [0.15, 0.2) is 53.6 Å². The molecule has 1 heterocycles. The van der Waals surface area contributed by atoms with E-state index in [1.165, 1.54) is 17.4 Å². The lowest BCUT2D eigenvalue weighted by Crippen LogP contribution is -2.01. The van der Waals surface area contributed by atoms with Gasteiger partial charge in [0.05, 0.1) is 20.9 Å². The number of benzene rings is 2. The zero-order chi connectivity index (χ0) is 15.5. The third kappa shape index (κ3) is 2.79. The number of rotatable bonds is 4. The third-order valence-corrected chi connectivity index (χ3v) is 4.19. The van der Waals surface area contributed by atoms with E-state index in [-0.39, 0.29) is 5.69 Å². The minimum atomic E-state index is -0.440. The van der Waals surface area contributed by atoms with E-state index in [1.807, 2.05) is 31.2 Å². The molecule has 0 saturated heterocycles. The normalized spacial score (nSPS) is 11.6. The molecule has 2 aromatic carbocycles. The van der Waals surface area contributed by atoms with Crippen molar-refractivity contribution in [2.75, 3.05) is 5.43 Å². The number of nitrogens with one attached hydrogen (secondary N) is 1. The molecule has 7 heteroatoms. The van der Waals surface area contributed by atoms with Gasteiger partial charge in [0.25, 0.3) is 5.69 Å². The van der Waals surface area contributed by atoms with E-state index in [0.29, 0.717) is 11.4 Å². The summed E-state index contributed by atoms with van der Waals surface area (Å²) in [6, 6.07) is 14.2. The highest BCUT2D eigenvalue weighted by Crippen LogP contribution is 2.24. The smallest absolute Gasteiger partial charge is 0.271 e. The second-order valence-corrected chi connectivity index (χ2v) is 5.60. The predicted octanol–water partition coefficient (Wildman–Crippen LogP) is 4.04. The number of aromatic nitrogens is 1. The standard InChI is InChI=1S/C15H12N4O2S/c1-10(15-16-12-7-3-5-9-14(12)22-15)17-18-11-6-2-4-8-13(11)19(20)21/h2-9,18H,1H3/b17-10-. The summed E-state index contributed by atoms with van der Waals surface area (Å²) < 4.78 is 1.08. The first-order valence-corrected chi connectivity index (χ1v) is 7.36. The molecule has 0 fully saturated rings. The van der Waals surface area contributed by atoms with Gasteiger partial charge in [-0.05, 0) is 25.1 Å². The van der Waals surface area contributed by atoms with Crippen LogP contribution >= 0.6 is 11.3 Å². The predicted molar refractivity (Wildman–Crippen MR) is 88.6 cm³/mol. The molecule has 22 heavy (non-hydrogen) atoms. The SMILES string of the molecule is C/C(=N/Nc1ccccc1[N+](=O)[O-])c1nc2ccccc2s1. The van der Waals surface area contributed by atoms with Crippen molar-refractivity contribution >= 4 is 38.6 Å². The number of para-hydroxylation sites is 3. The molecule has 0 aliphatic rings. The molecule has 6 nitrogen and oxygen atoms in total. The van der Waals surface area contributed by atoms with Gasteiger partial charge in [0.2, 0.25) is 0 Å². The molecule has 0 spiro atoms. The monoisotopic (exact) mass is 312 g/mol. The molecule has 3 aromatic rings. The lowest BCUT2D eigenvalue weighted by molar-refractivity contribution is -0.384. The van der Waals surface area contributed by atoms with Crippen molar-refractivity contribution in [1.29, 1.82) is 0 Å². The molecule has 0 saturated carbocycles. The Morgan fingerprint density at radius 3 is 2.73 bits per heavy atom. The maximum Gasteiger partial charge on any atom is 0.294 e. The van der Waals surface area contributed by atoms with E-state index in [1.54, 1.807) is 18.2 Å². The molecule has 0 atom stereocenters. The summed E-state index contributed by atoms with van der Waals surface area (Å²) in [7, 11) is 0. The van der Waals surface area contributed by atoms with Gasteiger partial charge in [-0.3, -0.25) is 15.5 Å². The van der Waals surface area contributed by atoms with E-state index >= 15 is 0 Å². The quantitative estimate of drug-likeness (QED) is 0.448. The maximum atomic E-state index is 11.0. The van der Waals surface area contributed by atoms with Gasteiger partial charge in [0.1, 0.15) is 10.7 Å². The maximum absolute atomic E-state index is 11.0. The highest BCUT2D eigenvalue weighted by atomic mass is 32.1. The topological polar surface area (TPSA) is 80.4 Å². The number of hydrazone groups is 1. The van der Waals surface area contributed by atoms with Crippen LogP contribution in [0.1, 0.15) is 11.9 Å². The number of hydrogen-bond acceptors (Lipinski definition) is 6. The molecule has 0 aliphatic carbocycles. The minimum absolute atomic E-state index is 0.0108. The van der Waals surface area contributed by atoms with Gasteiger partial charge in [0.15, 0.2) is 0 Å². The molecule has 110 valence electrons. The molecular formula is C15H12N4O2S. The lowest BCUT2D eigenvalue weighted by Gasteiger charge is -2.02. The van der Waals surface area contributed by atoms with Gasteiger partial charge < -0.3 is 0 Å². The molecule has 0 bridgehead atoms. The van der Waals surface area contributed by atoms with Crippen LogP contribution in [0.2, 0.25) is 0 Å². The van der Waals surface area contributed by atoms with Gasteiger partial charge >= 0.3 is 0 Å². The number of nitro benzene ring substituents is 1. The molecular weight excluding hydrogens is 300 g/mol. The van der Waals surface area contributed by atoms with Crippen molar-refractivity contribution in [1.82, 2.24) is 4.98 Å². The summed E-state index contributed by atoms with van der Waals surface area (Å²) in [4.78, 5) is 15.0. The van der Waals surface area contributed by atoms with Crippen LogP contribution in [0.3, 0.4) is 0 Å². The number of thiazole rings is 1. The molecule has 1 aromatic heterocycles. The average Bonchev–Trinajstić information content (AvgIpc) is 2.97. The molecule has 0 aliphatic heterocycles. The molecule has 3 rings (SSSR count). The Morgan fingerprint density at radius 2 is 1.95 bits per heavy atom. The summed E-state index contributed by atoms with van der Waals surface area (Å²) in [6.07, 6.45) is 0. The highest BCUT2D eigenvalue weighted by Gasteiger charge is 2.12. The summed E-state index contributed by atoms with van der Waals surface area (Å²) in [5, 5.41) is 16.0. The number of fused-ring (bicyclic) bond motifs is 1. The van der Waals surface area contributed by atoms with Crippen LogP contribution in [-0.4, -0.2) is 15.6 Å². The molecule has 0 amide bonds. The molecule has 1 N–H and O–H groups in total. The van der Waals surface area contributed by atoms with Crippen molar-refractivity contribution in [3.05, 3.63) is 63.7 Å². The van der Waals surface area contributed by atoms with Crippen molar-refractivity contribution in [2.24, 2.45) is 5.10 Å². The average molecular weight is 312 g/mol. The van der Waals surface area contributed by atoms with Gasteiger partial charge in [-0.2, -0.15) is 5.10 Å². The summed E-state index contributed by atoms with van der Waals surface area (Å²) in [5.41, 5.74) is 4.69. The first-order valence-electron chi connectivity index (χ1n) is 6.55. The number of hydrogen-bond donors (Lipinski definition) is 1. The highest BCUT2D eigenvalue weighted by molar-refractivity contribution is 7.20. The van der Waals surface area contributed by atoms with Crippen LogP contribution in [0.4, 0.5) is 11.4 Å². The second-order valence-electron chi connectivity index (χ2n) is 4.57. The van der Waals surface area contributed by atoms with Crippen LogP contribution in [-0.2, 0) is 0 Å². The Morgan fingerprint density at radius 1 is 1.23 bits per heavy atom. The fourth-order valence-electron chi connectivity index (χ4n) is 1.95. The summed E-state index contributed by atoms with van der Waals surface area (Å²) in [5.74, 6) is 0. The Balaban J connectivity index is 1.87. The second kappa shape index (κ2) is 5.90. The molecule has 0 radical (unpaired) electrons. The van der Waals surface area contributed by atoms with Crippen LogP contribution in [0.5, 0.6) is 0 Å². The molecule has 0 unspecified atom stereocenters. The number of nitrogens with zero attached hydrogens (tertiary/aromatic N) is 3. The Kier molecular flexibility index (Phi) is 3.80. The fraction of sp³-hybridized carbons (Fsp3) is 0.0667. The van der Waals surface area contributed by atoms with Crippen LogP contribution in [0, 0.1) is 10.1 Å². The van der Waals surface area contributed by atoms with Gasteiger partial charge in [-0.1, -0.05) is 24.3 Å². The Bertz CT molecular complexity index is 840. The van der Waals surface area contributed by atoms with E-state index in [2.05, 4.69) is 15.5 Å². The van der Waals surface area contributed by atoms with E-state index < -0.39 is 4.92 Å². The Hall–Kier alpha value is -2.80. The zero-order valence-corrected chi connectivity index (χ0v) is 12.5. The first-order chi connectivity index (χ1) is 10.6. The number of anilines is 1. The summed E-state index contributed by atoms with van der Waals surface area (Å²) >= 11 is 1.54. The van der Waals surface area contributed by atoms with Crippen LogP contribution < -0.4 is 5.43 Å². The lowest BCUT2D eigenvalue weighted by atomic mass is 10.3. The van der Waals surface area contributed by atoms with Crippen molar-refractivity contribution in [2.45, 2.75) is 6.92 Å². The zero-order valence-electron chi connectivity index (χ0n) is 11.7. The van der Waals surface area contributed by atoms with E-state index in [4.69, 9.17) is 0 Å². The van der Waals surface area contributed by atoms with E-state index in [9.17, 15) is 10.1 Å². The number of nitro groups is 1. The third-order valence-electron chi connectivity index (χ3n) is 3.05. The minimum Gasteiger partial charge on any atom is -0.271 e. The van der Waals surface area contributed by atoms with Gasteiger partial charge in [-0.15, -0.1) is 11.3 Å². The van der Waals surface area contributed by atoms with Crippen molar-refractivity contribution in [3.8, 4) is 0 Å². The van der Waals surface area contributed by atoms with Gasteiger partial charge in [0, 0.05) is 6.07 Å².